The number of nitrogens with two attached hydrogens (primary N) is 1. The third kappa shape index (κ3) is 3.45. The van der Waals surface area contributed by atoms with Gasteiger partial charge in [-0.2, -0.15) is 0 Å². The molecule has 3 N–H and O–H groups in total. The SMILES string of the molecule is CSc1nc(N)c(N=O)c(NCCc2ccccc2)n1. The zero-order valence-corrected chi connectivity index (χ0v) is 11.9. The van der Waals surface area contributed by atoms with E-state index in [1.165, 1.54) is 17.3 Å². The molecular weight excluding hydrogens is 274 g/mol. The molecule has 1 heterocycles. The van der Waals surface area contributed by atoms with Gasteiger partial charge in [-0.15, -0.1) is 4.91 Å². The van der Waals surface area contributed by atoms with Crippen molar-refractivity contribution in [2.45, 2.75) is 11.6 Å². The van der Waals surface area contributed by atoms with Gasteiger partial charge >= 0.3 is 0 Å². The highest BCUT2D eigenvalue weighted by atomic mass is 32.2. The van der Waals surface area contributed by atoms with Crippen LogP contribution in [0.4, 0.5) is 17.3 Å². The van der Waals surface area contributed by atoms with Crippen molar-refractivity contribution in [2.75, 3.05) is 23.9 Å². The molecule has 0 bridgehead atoms. The van der Waals surface area contributed by atoms with E-state index in [2.05, 4.69) is 20.5 Å². The van der Waals surface area contributed by atoms with Crippen LogP contribution in [0.3, 0.4) is 0 Å². The zero-order valence-electron chi connectivity index (χ0n) is 11.0. The quantitative estimate of drug-likeness (QED) is 0.482. The van der Waals surface area contributed by atoms with Crippen molar-refractivity contribution >= 4 is 29.1 Å². The second-order valence-corrected chi connectivity index (χ2v) is 4.82. The number of rotatable bonds is 6. The van der Waals surface area contributed by atoms with Gasteiger partial charge in [0.15, 0.2) is 22.5 Å². The number of hydrogen-bond acceptors (Lipinski definition) is 7. The molecule has 0 unspecified atom stereocenters. The van der Waals surface area contributed by atoms with Gasteiger partial charge in [0.05, 0.1) is 0 Å². The van der Waals surface area contributed by atoms with Gasteiger partial charge in [-0.25, -0.2) is 9.97 Å². The van der Waals surface area contributed by atoms with Gasteiger partial charge in [-0.05, 0) is 23.4 Å². The summed E-state index contributed by atoms with van der Waals surface area (Å²) in [6.45, 7) is 0.636. The van der Waals surface area contributed by atoms with Gasteiger partial charge in [0, 0.05) is 6.54 Å². The topological polar surface area (TPSA) is 93.3 Å². The highest BCUT2D eigenvalue weighted by molar-refractivity contribution is 7.98. The first-order valence-corrected chi connectivity index (χ1v) is 7.29. The Kier molecular flexibility index (Phi) is 4.89. The summed E-state index contributed by atoms with van der Waals surface area (Å²) in [5, 5.41) is 6.50. The number of anilines is 2. The standard InChI is InChI=1S/C13H15N5OS/c1-20-13-16-11(14)10(18-19)12(17-13)15-8-7-9-5-3-2-4-6-9/h2-6H,7-8H2,1H3,(H3,14,15,16,17). The number of nitroso groups, excluding NO2 is 1. The lowest BCUT2D eigenvalue weighted by molar-refractivity contribution is 0.945. The summed E-state index contributed by atoms with van der Waals surface area (Å²) in [6, 6.07) is 10.0. The minimum absolute atomic E-state index is 0.0656. The molecule has 104 valence electrons. The van der Waals surface area contributed by atoms with E-state index in [9.17, 15) is 4.91 Å². The maximum Gasteiger partial charge on any atom is 0.192 e. The maximum atomic E-state index is 10.8. The van der Waals surface area contributed by atoms with Gasteiger partial charge in [0.2, 0.25) is 0 Å². The number of aromatic nitrogens is 2. The summed E-state index contributed by atoms with van der Waals surface area (Å²) in [6.07, 6.45) is 2.66. The fraction of sp³-hybridized carbons (Fsp3) is 0.231. The fourth-order valence-electron chi connectivity index (χ4n) is 1.73. The van der Waals surface area contributed by atoms with Crippen LogP contribution in [0.25, 0.3) is 0 Å². The summed E-state index contributed by atoms with van der Waals surface area (Å²) in [5.74, 6) is 0.481. The van der Waals surface area contributed by atoms with E-state index in [0.29, 0.717) is 17.5 Å². The van der Waals surface area contributed by atoms with Gasteiger partial charge in [-0.3, -0.25) is 0 Å². The number of thioether (sulfide) groups is 1. The second-order valence-electron chi connectivity index (χ2n) is 4.05. The Morgan fingerprint density at radius 3 is 2.70 bits per heavy atom. The van der Waals surface area contributed by atoms with E-state index in [1.807, 2.05) is 36.6 Å². The summed E-state index contributed by atoms with van der Waals surface area (Å²) < 4.78 is 0. The first kappa shape index (κ1) is 14.3. The lowest BCUT2D eigenvalue weighted by Gasteiger charge is -2.09. The molecule has 2 rings (SSSR count). The van der Waals surface area contributed by atoms with Crippen molar-refractivity contribution in [2.24, 2.45) is 5.18 Å². The molecule has 2 aromatic rings. The highest BCUT2D eigenvalue weighted by Crippen LogP contribution is 2.30. The van der Waals surface area contributed by atoms with Crippen LogP contribution in [0.2, 0.25) is 0 Å². The van der Waals surface area contributed by atoms with Crippen LogP contribution in [-0.4, -0.2) is 22.8 Å². The Bertz CT molecular complexity index is 591. The molecule has 0 radical (unpaired) electrons. The van der Waals surface area contributed by atoms with E-state index in [-0.39, 0.29) is 11.5 Å². The molecule has 0 aliphatic carbocycles. The summed E-state index contributed by atoms with van der Waals surface area (Å²) in [5.41, 5.74) is 6.96. The number of hydrogen-bond donors (Lipinski definition) is 2. The zero-order chi connectivity index (χ0) is 14.4. The summed E-state index contributed by atoms with van der Waals surface area (Å²) in [7, 11) is 0. The van der Waals surface area contributed by atoms with Crippen LogP contribution in [-0.2, 0) is 6.42 Å². The lowest BCUT2D eigenvalue weighted by atomic mass is 10.1. The summed E-state index contributed by atoms with van der Waals surface area (Å²) >= 11 is 1.36. The van der Waals surface area contributed by atoms with Gasteiger partial charge in [-0.1, -0.05) is 42.1 Å². The lowest BCUT2D eigenvalue weighted by Crippen LogP contribution is -2.08. The van der Waals surface area contributed by atoms with E-state index < -0.39 is 0 Å². The van der Waals surface area contributed by atoms with Crippen molar-refractivity contribution in [3.63, 3.8) is 0 Å². The van der Waals surface area contributed by atoms with E-state index in [4.69, 9.17) is 5.73 Å². The maximum absolute atomic E-state index is 10.8. The molecule has 1 aromatic carbocycles. The first-order valence-electron chi connectivity index (χ1n) is 6.07. The predicted octanol–water partition coefficient (Wildman–Crippen LogP) is 2.83. The third-order valence-corrected chi connectivity index (χ3v) is 3.26. The monoisotopic (exact) mass is 289 g/mol. The molecule has 0 saturated heterocycles. The molecule has 7 heteroatoms. The summed E-state index contributed by atoms with van der Waals surface area (Å²) in [4.78, 5) is 19.0. The molecule has 0 fully saturated rings. The highest BCUT2D eigenvalue weighted by Gasteiger charge is 2.12. The number of nitrogens with one attached hydrogen (secondary N) is 1. The van der Waals surface area contributed by atoms with Crippen molar-refractivity contribution in [1.29, 1.82) is 0 Å². The van der Waals surface area contributed by atoms with Gasteiger partial charge in [0.25, 0.3) is 0 Å². The van der Waals surface area contributed by atoms with E-state index in [1.54, 1.807) is 0 Å². The fourth-order valence-corrected chi connectivity index (χ4v) is 2.10. The van der Waals surface area contributed by atoms with Crippen LogP contribution >= 0.6 is 11.8 Å². The van der Waals surface area contributed by atoms with Gasteiger partial charge in [0.1, 0.15) is 0 Å². The number of nitrogens with zero attached hydrogens (tertiary/aromatic N) is 3. The molecule has 20 heavy (non-hydrogen) atoms. The van der Waals surface area contributed by atoms with Crippen LogP contribution in [0.15, 0.2) is 40.7 Å². The van der Waals surface area contributed by atoms with Crippen molar-refractivity contribution < 1.29 is 0 Å². The van der Waals surface area contributed by atoms with Crippen LogP contribution < -0.4 is 11.1 Å². The Labute approximate surface area is 121 Å². The molecule has 0 aliphatic rings. The Morgan fingerprint density at radius 1 is 1.30 bits per heavy atom. The smallest absolute Gasteiger partial charge is 0.192 e. The Balaban J connectivity index is 2.08. The minimum Gasteiger partial charge on any atom is -0.382 e. The third-order valence-electron chi connectivity index (χ3n) is 2.71. The van der Waals surface area contributed by atoms with Crippen molar-refractivity contribution in [3.05, 3.63) is 40.8 Å². The van der Waals surface area contributed by atoms with E-state index >= 15 is 0 Å². The average molecular weight is 289 g/mol. The Hall–Kier alpha value is -2.15. The van der Waals surface area contributed by atoms with Crippen molar-refractivity contribution in [3.8, 4) is 0 Å². The largest absolute Gasteiger partial charge is 0.382 e. The molecule has 0 saturated carbocycles. The van der Waals surface area contributed by atoms with E-state index in [0.717, 1.165) is 6.42 Å². The number of benzene rings is 1. The molecule has 1 aromatic heterocycles. The second kappa shape index (κ2) is 6.85. The van der Waals surface area contributed by atoms with Crippen LogP contribution in [0, 0.1) is 4.91 Å². The van der Waals surface area contributed by atoms with Crippen LogP contribution in [0.1, 0.15) is 5.56 Å². The van der Waals surface area contributed by atoms with Crippen molar-refractivity contribution in [1.82, 2.24) is 9.97 Å². The molecule has 0 atom stereocenters. The molecule has 0 amide bonds. The number of nitrogen functional groups attached to an aromatic ring is 1. The Morgan fingerprint density at radius 2 is 2.05 bits per heavy atom. The normalized spacial score (nSPS) is 10.2. The predicted molar refractivity (Wildman–Crippen MR) is 82.3 cm³/mol. The molecule has 0 spiro atoms. The molecule has 6 nitrogen and oxygen atoms in total. The first-order chi connectivity index (χ1) is 9.74. The minimum atomic E-state index is 0.0656. The van der Waals surface area contributed by atoms with Crippen LogP contribution in [0.5, 0.6) is 0 Å². The molecule has 0 aliphatic heterocycles. The average Bonchev–Trinajstić information content (AvgIpc) is 2.48. The van der Waals surface area contributed by atoms with Gasteiger partial charge < -0.3 is 11.1 Å². The molecular formula is C13H15N5OS.